The van der Waals surface area contributed by atoms with Crippen molar-refractivity contribution in [1.29, 1.82) is 0 Å². The number of carbonyl (C=O) groups is 1. The second-order valence-corrected chi connectivity index (χ2v) is 5.62. The molecule has 0 bridgehead atoms. The summed E-state index contributed by atoms with van der Waals surface area (Å²) in [6, 6.07) is 0. The van der Waals surface area contributed by atoms with Gasteiger partial charge in [-0.1, -0.05) is 13.8 Å². The maximum atomic E-state index is 12.0. The van der Waals surface area contributed by atoms with Crippen molar-refractivity contribution in [2.45, 2.75) is 32.2 Å². The number of halogens is 1. The molecule has 3 N–H and O–H groups in total. The highest BCUT2D eigenvalue weighted by atomic mass is 79.9. The van der Waals surface area contributed by atoms with Gasteiger partial charge in [0.15, 0.2) is 0 Å². The smallest absolute Gasteiger partial charge is 0.291 e. The van der Waals surface area contributed by atoms with E-state index >= 15 is 0 Å². The van der Waals surface area contributed by atoms with Gasteiger partial charge in [-0.3, -0.25) is 4.79 Å². The van der Waals surface area contributed by atoms with Crippen LogP contribution in [0.4, 0.5) is 0 Å². The molecule has 1 amide bonds. The number of nitrogens with one attached hydrogen (secondary N) is 1. The lowest BCUT2D eigenvalue weighted by Crippen LogP contribution is -2.49. The molecule has 0 unspecified atom stereocenters. The van der Waals surface area contributed by atoms with Crippen molar-refractivity contribution in [3.05, 3.63) is 22.7 Å². The highest BCUT2D eigenvalue weighted by Gasteiger charge is 2.22. The van der Waals surface area contributed by atoms with E-state index < -0.39 is 5.54 Å². The Labute approximate surface area is 125 Å². The standard InChI is InChI=1S/C12H17BrN6O/c1-3-12(14,4-2)7-16-10(20)9-17-11-15-5-8(13)6-19(11)18-9/h5-6H,3-4,7,14H2,1-2H3,(H,16,20). The Morgan fingerprint density at radius 1 is 1.50 bits per heavy atom. The van der Waals surface area contributed by atoms with Crippen molar-refractivity contribution in [3.8, 4) is 0 Å². The Morgan fingerprint density at radius 3 is 2.85 bits per heavy atom. The summed E-state index contributed by atoms with van der Waals surface area (Å²) in [5.41, 5.74) is 5.75. The molecule has 108 valence electrons. The van der Waals surface area contributed by atoms with Crippen LogP contribution in [-0.2, 0) is 0 Å². The van der Waals surface area contributed by atoms with E-state index in [2.05, 4.69) is 36.3 Å². The number of nitrogens with zero attached hydrogens (tertiary/aromatic N) is 4. The minimum Gasteiger partial charge on any atom is -0.347 e. The van der Waals surface area contributed by atoms with Gasteiger partial charge < -0.3 is 11.1 Å². The van der Waals surface area contributed by atoms with Gasteiger partial charge in [0.05, 0.1) is 4.47 Å². The molecule has 0 fully saturated rings. The number of aromatic nitrogens is 4. The Morgan fingerprint density at radius 2 is 2.20 bits per heavy atom. The van der Waals surface area contributed by atoms with E-state index in [0.29, 0.717) is 12.3 Å². The summed E-state index contributed by atoms with van der Waals surface area (Å²) in [6.07, 6.45) is 4.87. The molecule has 0 aromatic carbocycles. The first-order valence-corrected chi connectivity index (χ1v) is 7.21. The predicted octanol–water partition coefficient (Wildman–Crippen LogP) is 1.13. The molecule has 2 aromatic heterocycles. The van der Waals surface area contributed by atoms with Gasteiger partial charge in [-0.25, -0.2) is 9.50 Å². The lowest BCUT2D eigenvalue weighted by atomic mass is 9.94. The molecule has 0 aliphatic rings. The average Bonchev–Trinajstić information content (AvgIpc) is 2.87. The molecule has 20 heavy (non-hydrogen) atoms. The first kappa shape index (κ1) is 14.9. The van der Waals surface area contributed by atoms with E-state index in [0.717, 1.165) is 17.3 Å². The summed E-state index contributed by atoms with van der Waals surface area (Å²) >= 11 is 3.29. The van der Waals surface area contributed by atoms with Crippen molar-refractivity contribution in [2.75, 3.05) is 6.54 Å². The third kappa shape index (κ3) is 3.13. The van der Waals surface area contributed by atoms with E-state index in [-0.39, 0.29) is 11.7 Å². The summed E-state index contributed by atoms with van der Waals surface area (Å²) in [4.78, 5) is 20.2. The Balaban J connectivity index is 2.11. The van der Waals surface area contributed by atoms with Gasteiger partial charge in [0.25, 0.3) is 11.7 Å². The van der Waals surface area contributed by atoms with Crippen LogP contribution in [0.15, 0.2) is 16.9 Å². The quantitative estimate of drug-likeness (QED) is 0.850. The number of rotatable bonds is 5. The largest absolute Gasteiger partial charge is 0.347 e. The fraction of sp³-hybridized carbons (Fsp3) is 0.500. The molecular formula is C12H17BrN6O. The molecule has 0 saturated carbocycles. The lowest BCUT2D eigenvalue weighted by Gasteiger charge is -2.26. The van der Waals surface area contributed by atoms with Gasteiger partial charge >= 0.3 is 0 Å². The van der Waals surface area contributed by atoms with E-state index in [1.807, 2.05) is 13.8 Å². The molecule has 0 radical (unpaired) electrons. The molecule has 0 aliphatic heterocycles. The first-order chi connectivity index (χ1) is 9.47. The minimum atomic E-state index is -0.393. The highest BCUT2D eigenvalue weighted by Crippen LogP contribution is 2.10. The van der Waals surface area contributed by atoms with Gasteiger partial charge in [0, 0.05) is 24.5 Å². The first-order valence-electron chi connectivity index (χ1n) is 6.42. The van der Waals surface area contributed by atoms with E-state index in [4.69, 9.17) is 5.73 Å². The van der Waals surface area contributed by atoms with E-state index in [1.165, 1.54) is 4.52 Å². The van der Waals surface area contributed by atoms with Gasteiger partial charge in [-0.2, -0.15) is 4.98 Å². The van der Waals surface area contributed by atoms with Crippen molar-refractivity contribution >= 4 is 27.6 Å². The SMILES string of the molecule is CCC(N)(CC)CNC(=O)c1nc2ncc(Br)cn2n1. The van der Waals surface area contributed by atoms with Crippen LogP contribution < -0.4 is 11.1 Å². The number of hydrogen-bond acceptors (Lipinski definition) is 5. The third-order valence-electron chi connectivity index (χ3n) is 3.37. The number of amides is 1. The zero-order valence-corrected chi connectivity index (χ0v) is 13.0. The molecule has 0 spiro atoms. The molecular weight excluding hydrogens is 324 g/mol. The third-order valence-corrected chi connectivity index (χ3v) is 3.78. The van der Waals surface area contributed by atoms with Crippen LogP contribution in [0.2, 0.25) is 0 Å². The van der Waals surface area contributed by atoms with Crippen LogP contribution in [-0.4, -0.2) is 37.6 Å². The van der Waals surface area contributed by atoms with Crippen molar-refractivity contribution in [1.82, 2.24) is 24.9 Å². The van der Waals surface area contributed by atoms with Gasteiger partial charge in [0.1, 0.15) is 0 Å². The maximum absolute atomic E-state index is 12.0. The van der Waals surface area contributed by atoms with Crippen molar-refractivity contribution < 1.29 is 4.79 Å². The van der Waals surface area contributed by atoms with Crippen LogP contribution in [0.1, 0.15) is 37.3 Å². The number of nitrogens with two attached hydrogens (primary N) is 1. The molecule has 2 aromatic rings. The van der Waals surface area contributed by atoms with Gasteiger partial charge in [-0.15, -0.1) is 5.10 Å². The Hall–Kier alpha value is -1.54. The second kappa shape index (κ2) is 5.84. The molecule has 0 atom stereocenters. The zero-order chi connectivity index (χ0) is 14.8. The Bertz CT molecular complexity index is 621. The second-order valence-electron chi connectivity index (χ2n) is 4.70. The van der Waals surface area contributed by atoms with Crippen LogP contribution in [0.25, 0.3) is 5.78 Å². The topological polar surface area (TPSA) is 98.2 Å². The maximum Gasteiger partial charge on any atom is 0.291 e. The summed E-state index contributed by atoms with van der Waals surface area (Å²) in [6.45, 7) is 4.39. The average molecular weight is 341 g/mol. The zero-order valence-electron chi connectivity index (χ0n) is 11.4. The van der Waals surface area contributed by atoms with Crippen LogP contribution in [0.3, 0.4) is 0 Å². The van der Waals surface area contributed by atoms with Gasteiger partial charge in [-0.05, 0) is 28.8 Å². The Kier molecular flexibility index (Phi) is 4.34. The number of fused-ring (bicyclic) bond motifs is 1. The molecule has 8 heteroatoms. The summed E-state index contributed by atoms with van der Waals surface area (Å²) in [5.74, 6) is 0.122. The monoisotopic (exact) mass is 340 g/mol. The van der Waals surface area contributed by atoms with Crippen molar-refractivity contribution in [3.63, 3.8) is 0 Å². The summed E-state index contributed by atoms with van der Waals surface area (Å²) in [5, 5.41) is 6.86. The molecule has 2 heterocycles. The van der Waals surface area contributed by atoms with E-state index in [9.17, 15) is 4.79 Å². The summed E-state index contributed by atoms with van der Waals surface area (Å²) in [7, 11) is 0. The number of hydrogen-bond donors (Lipinski definition) is 2. The fourth-order valence-corrected chi connectivity index (χ4v) is 1.99. The van der Waals surface area contributed by atoms with Crippen LogP contribution >= 0.6 is 15.9 Å². The minimum absolute atomic E-state index is 0.0881. The van der Waals surface area contributed by atoms with Crippen LogP contribution in [0, 0.1) is 0 Å². The normalized spacial score (nSPS) is 11.8. The number of carbonyl (C=O) groups excluding carboxylic acids is 1. The molecule has 2 rings (SSSR count). The van der Waals surface area contributed by atoms with E-state index in [1.54, 1.807) is 12.4 Å². The van der Waals surface area contributed by atoms with Gasteiger partial charge in [0.2, 0.25) is 5.82 Å². The molecule has 0 saturated heterocycles. The van der Waals surface area contributed by atoms with Crippen LogP contribution in [0.5, 0.6) is 0 Å². The summed E-state index contributed by atoms with van der Waals surface area (Å²) < 4.78 is 2.22. The molecule has 7 nitrogen and oxygen atoms in total. The molecule has 0 aliphatic carbocycles. The predicted molar refractivity (Wildman–Crippen MR) is 78.3 cm³/mol. The fourth-order valence-electron chi connectivity index (χ4n) is 1.69. The highest BCUT2D eigenvalue weighted by molar-refractivity contribution is 9.10. The lowest BCUT2D eigenvalue weighted by molar-refractivity contribution is 0.0932. The van der Waals surface area contributed by atoms with Crippen molar-refractivity contribution in [2.24, 2.45) is 5.73 Å².